The third kappa shape index (κ3) is 4.59. The van der Waals surface area contributed by atoms with Crippen molar-refractivity contribution in [3.05, 3.63) is 29.8 Å². The van der Waals surface area contributed by atoms with Crippen LogP contribution in [0.25, 0.3) is 0 Å². The lowest BCUT2D eigenvalue weighted by molar-refractivity contribution is -0.128. The Morgan fingerprint density at radius 3 is 2.42 bits per heavy atom. The van der Waals surface area contributed by atoms with E-state index in [4.69, 9.17) is 0 Å². The number of benzene rings is 1. The van der Waals surface area contributed by atoms with Gasteiger partial charge in [-0.1, -0.05) is 39.0 Å². The minimum atomic E-state index is -0.283. The molecule has 132 valence electrons. The molecule has 4 nitrogen and oxygen atoms in total. The maximum Gasteiger partial charge on any atom is 0.227 e. The van der Waals surface area contributed by atoms with Crippen LogP contribution in [0, 0.1) is 18.3 Å². The summed E-state index contributed by atoms with van der Waals surface area (Å²) in [4.78, 5) is 26.8. The van der Waals surface area contributed by atoms with Crippen LogP contribution in [0.2, 0.25) is 0 Å². The number of para-hydroxylation sites is 1. The van der Waals surface area contributed by atoms with Crippen molar-refractivity contribution in [3.8, 4) is 0 Å². The van der Waals surface area contributed by atoms with Crippen molar-refractivity contribution in [2.75, 3.05) is 11.4 Å². The van der Waals surface area contributed by atoms with Crippen LogP contribution in [0.1, 0.15) is 53.0 Å². The predicted octanol–water partition coefficient (Wildman–Crippen LogP) is 3.68. The van der Waals surface area contributed by atoms with Crippen molar-refractivity contribution in [3.63, 3.8) is 0 Å². The number of carbonyl (C=O) groups is 2. The number of amides is 2. The van der Waals surface area contributed by atoms with Gasteiger partial charge in [0.1, 0.15) is 0 Å². The number of hydrogen-bond donors (Lipinski definition) is 1. The first-order chi connectivity index (χ1) is 11.0. The van der Waals surface area contributed by atoms with Crippen molar-refractivity contribution in [1.82, 2.24) is 5.32 Å². The van der Waals surface area contributed by atoms with Gasteiger partial charge in [0, 0.05) is 24.2 Å². The van der Waals surface area contributed by atoms with Crippen LogP contribution in [0.15, 0.2) is 24.3 Å². The summed E-state index contributed by atoms with van der Waals surface area (Å²) < 4.78 is 0. The summed E-state index contributed by atoms with van der Waals surface area (Å²) in [5, 5.41) is 3.14. The summed E-state index contributed by atoms with van der Waals surface area (Å²) in [6, 6.07) is 7.81. The van der Waals surface area contributed by atoms with E-state index in [0.29, 0.717) is 6.54 Å². The highest BCUT2D eigenvalue weighted by Gasteiger charge is 2.37. The largest absolute Gasteiger partial charge is 0.351 e. The zero-order chi connectivity index (χ0) is 18.1. The first kappa shape index (κ1) is 18.5. The van der Waals surface area contributed by atoms with Gasteiger partial charge in [-0.15, -0.1) is 0 Å². The summed E-state index contributed by atoms with van der Waals surface area (Å²) in [5.74, 6) is -0.275. The lowest BCUT2D eigenvalue weighted by atomic mass is 9.81. The summed E-state index contributed by atoms with van der Waals surface area (Å²) in [6.45, 7) is 13.0. The Balaban J connectivity index is 2.05. The second-order valence-electron chi connectivity index (χ2n) is 8.80. The Morgan fingerprint density at radius 2 is 1.83 bits per heavy atom. The topological polar surface area (TPSA) is 49.4 Å². The molecule has 0 radical (unpaired) electrons. The fourth-order valence-electron chi connectivity index (χ4n) is 3.79. The van der Waals surface area contributed by atoms with Gasteiger partial charge < -0.3 is 10.2 Å². The Morgan fingerprint density at radius 1 is 1.21 bits per heavy atom. The van der Waals surface area contributed by atoms with E-state index in [2.05, 4.69) is 26.1 Å². The molecule has 4 heteroatoms. The molecule has 0 aromatic heterocycles. The molecule has 0 bridgehead atoms. The van der Waals surface area contributed by atoms with Crippen molar-refractivity contribution < 1.29 is 9.59 Å². The van der Waals surface area contributed by atoms with Gasteiger partial charge in [0.15, 0.2) is 0 Å². The van der Waals surface area contributed by atoms with Crippen molar-refractivity contribution in [1.29, 1.82) is 0 Å². The Labute approximate surface area is 145 Å². The molecule has 1 saturated heterocycles. The molecule has 1 heterocycles. The second kappa shape index (κ2) is 6.58. The van der Waals surface area contributed by atoms with Crippen LogP contribution in [0.4, 0.5) is 5.69 Å². The molecule has 1 aromatic carbocycles. The predicted molar refractivity (Wildman–Crippen MR) is 97.9 cm³/mol. The van der Waals surface area contributed by atoms with Crippen LogP contribution in [0.5, 0.6) is 0 Å². The number of nitrogens with zero attached hydrogens (tertiary/aromatic N) is 1. The molecule has 0 aliphatic carbocycles. The van der Waals surface area contributed by atoms with E-state index in [1.54, 1.807) is 4.90 Å². The number of hydrogen-bond acceptors (Lipinski definition) is 2. The Kier molecular flexibility index (Phi) is 5.07. The highest BCUT2D eigenvalue weighted by Crippen LogP contribution is 2.30. The number of nitrogens with one attached hydrogen (secondary N) is 1. The standard InChI is InChI=1S/C20H30N2O2/c1-14-9-7-8-10-16(14)22-12-15(11-17(22)23)18(24)21-20(5,6)13-19(2,3)4/h7-10,15H,11-13H2,1-6H3,(H,21,24). The molecule has 1 N–H and O–H groups in total. The molecule has 2 rings (SSSR count). The van der Waals surface area contributed by atoms with Crippen LogP contribution >= 0.6 is 0 Å². The van der Waals surface area contributed by atoms with Gasteiger partial charge in [-0.05, 0) is 44.2 Å². The average Bonchev–Trinajstić information content (AvgIpc) is 2.78. The van der Waals surface area contributed by atoms with E-state index < -0.39 is 0 Å². The number of aryl methyl sites for hydroxylation is 1. The van der Waals surface area contributed by atoms with E-state index in [0.717, 1.165) is 17.7 Å². The zero-order valence-corrected chi connectivity index (χ0v) is 15.8. The van der Waals surface area contributed by atoms with Gasteiger partial charge in [0.05, 0.1) is 5.92 Å². The van der Waals surface area contributed by atoms with E-state index >= 15 is 0 Å². The van der Waals surface area contributed by atoms with Gasteiger partial charge >= 0.3 is 0 Å². The third-order valence-corrected chi connectivity index (χ3v) is 4.34. The summed E-state index contributed by atoms with van der Waals surface area (Å²) in [7, 11) is 0. The fraction of sp³-hybridized carbons (Fsp3) is 0.600. The maximum atomic E-state index is 12.7. The van der Waals surface area contributed by atoms with Crippen LogP contribution in [-0.4, -0.2) is 23.9 Å². The number of carbonyl (C=O) groups excluding carboxylic acids is 2. The van der Waals surface area contributed by atoms with Crippen molar-refractivity contribution in [2.45, 2.75) is 59.9 Å². The Hall–Kier alpha value is -1.84. The highest BCUT2D eigenvalue weighted by molar-refractivity contribution is 6.00. The molecular weight excluding hydrogens is 300 g/mol. The number of anilines is 1. The summed E-state index contributed by atoms with van der Waals surface area (Å²) >= 11 is 0. The van der Waals surface area contributed by atoms with Gasteiger partial charge in [-0.2, -0.15) is 0 Å². The van der Waals surface area contributed by atoms with Crippen molar-refractivity contribution >= 4 is 17.5 Å². The molecule has 1 unspecified atom stereocenters. The monoisotopic (exact) mass is 330 g/mol. The smallest absolute Gasteiger partial charge is 0.227 e. The zero-order valence-electron chi connectivity index (χ0n) is 15.8. The fourth-order valence-corrected chi connectivity index (χ4v) is 3.79. The molecule has 1 aromatic rings. The number of rotatable bonds is 4. The minimum Gasteiger partial charge on any atom is -0.351 e. The molecule has 24 heavy (non-hydrogen) atoms. The normalized spacial score (nSPS) is 18.8. The van der Waals surface area contributed by atoms with Gasteiger partial charge in [-0.3, -0.25) is 9.59 Å². The van der Waals surface area contributed by atoms with E-state index in [1.807, 2.05) is 45.0 Å². The molecule has 1 aliphatic heterocycles. The first-order valence-electron chi connectivity index (χ1n) is 8.66. The lowest BCUT2D eigenvalue weighted by Crippen LogP contribution is -2.48. The van der Waals surface area contributed by atoms with Crippen LogP contribution in [-0.2, 0) is 9.59 Å². The summed E-state index contributed by atoms with van der Waals surface area (Å²) in [6.07, 6.45) is 1.17. The summed E-state index contributed by atoms with van der Waals surface area (Å²) in [5.41, 5.74) is 1.82. The van der Waals surface area contributed by atoms with Crippen LogP contribution in [0.3, 0.4) is 0 Å². The van der Waals surface area contributed by atoms with E-state index in [9.17, 15) is 9.59 Å². The molecule has 2 amide bonds. The van der Waals surface area contributed by atoms with E-state index in [-0.39, 0.29) is 35.1 Å². The van der Waals surface area contributed by atoms with Gasteiger partial charge in [0.25, 0.3) is 0 Å². The van der Waals surface area contributed by atoms with Crippen molar-refractivity contribution in [2.24, 2.45) is 11.3 Å². The van der Waals surface area contributed by atoms with Crippen LogP contribution < -0.4 is 10.2 Å². The molecule has 1 atom stereocenters. The molecule has 0 spiro atoms. The minimum absolute atomic E-state index is 0.0197. The Bertz CT molecular complexity index is 629. The maximum absolute atomic E-state index is 12.7. The second-order valence-corrected chi connectivity index (χ2v) is 8.80. The molecule has 0 saturated carbocycles. The lowest BCUT2D eigenvalue weighted by Gasteiger charge is -2.34. The first-order valence-corrected chi connectivity index (χ1v) is 8.66. The SMILES string of the molecule is Cc1ccccc1N1CC(C(=O)NC(C)(C)CC(C)(C)C)CC1=O. The van der Waals surface area contributed by atoms with Gasteiger partial charge in [0.2, 0.25) is 11.8 Å². The van der Waals surface area contributed by atoms with E-state index in [1.165, 1.54) is 0 Å². The van der Waals surface area contributed by atoms with Gasteiger partial charge in [-0.25, -0.2) is 0 Å². The molecule has 1 aliphatic rings. The average molecular weight is 330 g/mol. The molecular formula is C20H30N2O2. The third-order valence-electron chi connectivity index (χ3n) is 4.34. The highest BCUT2D eigenvalue weighted by atomic mass is 16.2. The quantitative estimate of drug-likeness (QED) is 0.915. The molecule has 1 fully saturated rings.